The molecule has 0 radical (unpaired) electrons. The van der Waals surface area contributed by atoms with E-state index in [2.05, 4.69) is 29.5 Å². The first-order chi connectivity index (χ1) is 12.2. The van der Waals surface area contributed by atoms with Gasteiger partial charge in [0, 0.05) is 17.9 Å². The van der Waals surface area contributed by atoms with E-state index < -0.39 is 0 Å². The first-order valence-corrected chi connectivity index (χ1v) is 8.25. The fourth-order valence-electron chi connectivity index (χ4n) is 3.39. The quantitative estimate of drug-likeness (QED) is 0.796. The summed E-state index contributed by atoms with van der Waals surface area (Å²) in [5, 5.41) is 7.51. The smallest absolute Gasteiger partial charge is 0.226 e. The summed E-state index contributed by atoms with van der Waals surface area (Å²) in [4.78, 5) is 12.3. The van der Waals surface area contributed by atoms with Crippen molar-refractivity contribution in [1.82, 2.24) is 9.78 Å². The molecule has 0 aliphatic carbocycles. The van der Waals surface area contributed by atoms with E-state index in [1.165, 1.54) is 11.1 Å². The van der Waals surface area contributed by atoms with Gasteiger partial charge in [-0.15, -0.1) is 0 Å². The number of hydrogen-bond acceptors (Lipinski definition) is 3. The van der Waals surface area contributed by atoms with Gasteiger partial charge in [0.1, 0.15) is 11.6 Å². The van der Waals surface area contributed by atoms with Crippen LogP contribution in [0.15, 0.2) is 54.7 Å². The van der Waals surface area contributed by atoms with Crippen LogP contribution in [-0.4, -0.2) is 22.8 Å². The Labute approximate surface area is 146 Å². The molecule has 0 saturated carbocycles. The molecule has 1 aromatic heterocycles. The van der Waals surface area contributed by atoms with Crippen LogP contribution in [0.4, 0.5) is 5.82 Å². The Morgan fingerprint density at radius 1 is 1.12 bits per heavy atom. The first-order valence-electron chi connectivity index (χ1n) is 8.25. The van der Waals surface area contributed by atoms with Crippen LogP contribution < -0.4 is 10.1 Å². The van der Waals surface area contributed by atoms with E-state index in [0.717, 1.165) is 22.8 Å². The highest BCUT2D eigenvalue weighted by Crippen LogP contribution is 2.39. The Balaban J connectivity index is 1.80. The molecule has 0 spiro atoms. The number of anilines is 1. The summed E-state index contributed by atoms with van der Waals surface area (Å²) in [6.45, 7) is 2.08. The lowest BCUT2D eigenvalue weighted by Crippen LogP contribution is -2.25. The molecule has 0 saturated heterocycles. The van der Waals surface area contributed by atoms with Crippen LogP contribution in [0.5, 0.6) is 5.75 Å². The van der Waals surface area contributed by atoms with Gasteiger partial charge in [0.25, 0.3) is 0 Å². The van der Waals surface area contributed by atoms with Crippen molar-refractivity contribution in [2.24, 2.45) is 0 Å². The Hall–Kier alpha value is -3.08. The number of aryl methyl sites for hydroxylation is 1. The van der Waals surface area contributed by atoms with Gasteiger partial charge in [-0.05, 0) is 42.3 Å². The number of amides is 1. The number of nitrogens with one attached hydrogen (secondary N) is 1. The topological polar surface area (TPSA) is 56.1 Å². The molecule has 1 N–H and O–H groups in total. The maximum Gasteiger partial charge on any atom is 0.226 e. The van der Waals surface area contributed by atoms with Crippen LogP contribution >= 0.6 is 0 Å². The number of benzene rings is 2. The monoisotopic (exact) mass is 333 g/mol. The molecule has 1 aliphatic rings. The third-order valence-corrected chi connectivity index (χ3v) is 4.70. The maximum absolute atomic E-state index is 12.3. The lowest BCUT2D eigenvalue weighted by atomic mass is 9.85. The zero-order valence-electron chi connectivity index (χ0n) is 14.2. The molecule has 4 rings (SSSR count). The van der Waals surface area contributed by atoms with Crippen LogP contribution in [0.3, 0.4) is 0 Å². The van der Waals surface area contributed by atoms with E-state index in [-0.39, 0.29) is 11.8 Å². The summed E-state index contributed by atoms with van der Waals surface area (Å²) in [5.41, 5.74) is 4.29. The van der Waals surface area contributed by atoms with Crippen LogP contribution in [0.1, 0.15) is 29.0 Å². The summed E-state index contributed by atoms with van der Waals surface area (Å²) < 4.78 is 6.98. The molecule has 25 heavy (non-hydrogen) atoms. The first kappa shape index (κ1) is 15.4. The molecular formula is C20H19N3O2. The van der Waals surface area contributed by atoms with Gasteiger partial charge in [0.2, 0.25) is 5.91 Å². The number of carbonyl (C=O) groups excluding carboxylic acids is 1. The van der Waals surface area contributed by atoms with Gasteiger partial charge in [-0.1, -0.05) is 24.3 Å². The predicted molar refractivity (Wildman–Crippen MR) is 96.4 cm³/mol. The van der Waals surface area contributed by atoms with Crippen molar-refractivity contribution in [3.8, 4) is 11.4 Å². The minimum Gasteiger partial charge on any atom is -0.497 e. The number of methoxy groups -OCH3 is 1. The highest BCUT2D eigenvalue weighted by molar-refractivity contribution is 5.94. The number of fused-ring (bicyclic) bond motifs is 1. The molecule has 5 heteroatoms. The SMILES string of the molecule is COc1ccc(-n2ncc3c2NC(=O)CC3c2ccccc2C)cc1. The Bertz CT molecular complexity index is 928. The number of carbonyl (C=O) groups is 1. The van der Waals surface area contributed by atoms with Gasteiger partial charge in [-0.3, -0.25) is 4.79 Å². The lowest BCUT2D eigenvalue weighted by molar-refractivity contribution is -0.116. The zero-order chi connectivity index (χ0) is 17.4. The molecular weight excluding hydrogens is 314 g/mol. The Morgan fingerprint density at radius 2 is 1.88 bits per heavy atom. The fraction of sp³-hybridized carbons (Fsp3) is 0.200. The Morgan fingerprint density at radius 3 is 2.60 bits per heavy atom. The fourth-order valence-corrected chi connectivity index (χ4v) is 3.39. The van der Waals surface area contributed by atoms with Crippen LogP contribution in [0, 0.1) is 6.92 Å². The van der Waals surface area contributed by atoms with Crippen LogP contribution in [0.25, 0.3) is 5.69 Å². The summed E-state index contributed by atoms with van der Waals surface area (Å²) in [6.07, 6.45) is 2.29. The minimum atomic E-state index is 0.0102. The summed E-state index contributed by atoms with van der Waals surface area (Å²) in [7, 11) is 1.64. The molecule has 1 unspecified atom stereocenters. The second-order valence-corrected chi connectivity index (χ2v) is 6.22. The summed E-state index contributed by atoms with van der Waals surface area (Å²) in [6, 6.07) is 15.8. The van der Waals surface area contributed by atoms with Crippen molar-refractivity contribution < 1.29 is 9.53 Å². The maximum atomic E-state index is 12.3. The van der Waals surface area contributed by atoms with Gasteiger partial charge in [0.05, 0.1) is 19.0 Å². The van der Waals surface area contributed by atoms with Crippen LogP contribution in [-0.2, 0) is 4.79 Å². The van der Waals surface area contributed by atoms with Crippen molar-refractivity contribution >= 4 is 11.7 Å². The highest BCUT2D eigenvalue weighted by Gasteiger charge is 2.30. The van der Waals surface area contributed by atoms with Gasteiger partial charge in [0.15, 0.2) is 0 Å². The van der Waals surface area contributed by atoms with Gasteiger partial charge in [-0.25, -0.2) is 4.68 Å². The number of hydrogen-bond donors (Lipinski definition) is 1. The second kappa shape index (κ2) is 6.09. The van der Waals surface area contributed by atoms with Crippen molar-refractivity contribution in [2.45, 2.75) is 19.3 Å². The largest absolute Gasteiger partial charge is 0.497 e. The molecule has 0 fully saturated rings. The van der Waals surface area contributed by atoms with E-state index in [1.807, 2.05) is 42.6 Å². The molecule has 2 aromatic carbocycles. The zero-order valence-corrected chi connectivity index (χ0v) is 14.2. The van der Waals surface area contributed by atoms with Crippen molar-refractivity contribution in [3.05, 3.63) is 71.4 Å². The van der Waals surface area contributed by atoms with Crippen molar-refractivity contribution in [3.63, 3.8) is 0 Å². The second-order valence-electron chi connectivity index (χ2n) is 6.22. The molecule has 2 heterocycles. The van der Waals surface area contributed by atoms with E-state index >= 15 is 0 Å². The average molecular weight is 333 g/mol. The number of rotatable bonds is 3. The molecule has 1 aliphatic heterocycles. The molecule has 3 aromatic rings. The lowest BCUT2D eigenvalue weighted by Gasteiger charge is -2.25. The van der Waals surface area contributed by atoms with E-state index in [9.17, 15) is 4.79 Å². The summed E-state index contributed by atoms with van der Waals surface area (Å²) >= 11 is 0. The van der Waals surface area contributed by atoms with Crippen molar-refractivity contribution in [2.75, 3.05) is 12.4 Å². The minimum absolute atomic E-state index is 0.0102. The van der Waals surface area contributed by atoms with E-state index in [1.54, 1.807) is 11.8 Å². The normalized spacial score (nSPS) is 16.2. The van der Waals surface area contributed by atoms with Gasteiger partial charge < -0.3 is 10.1 Å². The molecule has 126 valence electrons. The third kappa shape index (κ3) is 2.67. The number of ether oxygens (including phenoxy) is 1. The van der Waals surface area contributed by atoms with E-state index in [0.29, 0.717) is 6.42 Å². The predicted octanol–water partition coefficient (Wildman–Crippen LogP) is 3.66. The van der Waals surface area contributed by atoms with Crippen LogP contribution in [0.2, 0.25) is 0 Å². The molecule has 1 amide bonds. The molecule has 1 atom stereocenters. The highest BCUT2D eigenvalue weighted by atomic mass is 16.5. The summed E-state index contributed by atoms with van der Waals surface area (Å²) in [5.74, 6) is 1.56. The third-order valence-electron chi connectivity index (χ3n) is 4.70. The standard InChI is InChI=1S/C20H19N3O2/c1-13-5-3-4-6-16(13)17-11-19(24)22-20-18(17)12-21-23(20)14-7-9-15(25-2)10-8-14/h3-10,12,17H,11H2,1-2H3,(H,22,24). The van der Waals surface area contributed by atoms with Crippen molar-refractivity contribution in [1.29, 1.82) is 0 Å². The van der Waals surface area contributed by atoms with E-state index in [4.69, 9.17) is 4.74 Å². The van der Waals surface area contributed by atoms with Gasteiger partial charge >= 0.3 is 0 Å². The molecule has 5 nitrogen and oxygen atoms in total. The molecule has 0 bridgehead atoms. The Kier molecular flexibility index (Phi) is 3.76. The van der Waals surface area contributed by atoms with Gasteiger partial charge in [-0.2, -0.15) is 5.10 Å². The average Bonchev–Trinajstić information content (AvgIpc) is 3.05. The number of nitrogens with zero attached hydrogens (tertiary/aromatic N) is 2. The number of aromatic nitrogens is 2.